The van der Waals surface area contributed by atoms with E-state index in [1.807, 2.05) is 6.92 Å². The van der Waals surface area contributed by atoms with Crippen molar-refractivity contribution in [3.8, 4) is 18.2 Å². The van der Waals surface area contributed by atoms with Crippen molar-refractivity contribution >= 4 is 5.71 Å². The lowest BCUT2D eigenvalue weighted by Gasteiger charge is -2.48. The van der Waals surface area contributed by atoms with Gasteiger partial charge in [-0.2, -0.15) is 15.8 Å². The van der Waals surface area contributed by atoms with Crippen LogP contribution in [0.4, 0.5) is 0 Å². The molecular formula is C19H24N4. The lowest BCUT2D eigenvalue weighted by Crippen LogP contribution is -2.51. The Morgan fingerprint density at radius 2 is 1.87 bits per heavy atom. The van der Waals surface area contributed by atoms with Gasteiger partial charge in [0.1, 0.15) is 5.92 Å². The van der Waals surface area contributed by atoms with Crippen LogP contribution in [0.25, 0.3) is 0 Å². The van der Waals surface area contributed by atoms with E-state index in [9.17, 15) is 15.8 Å². The third-order valence-corrected chi connectivity index (χ3v) is 5.84. The van der Waals surface area contributed by atoms with Crippen molar-refractivity contribution in [3.05, 3.63) is 11.6 Å². The second-order valence-corrected chi connectivity index (χ2v) is 7.87. The van der Waals surface area contributed by atoms with E-state index >= 15 is 0 Å². The molecule has 0 spiro atoms. The van der Waals surface area contributed by atoms with E-state index < -0.39 is 11.3 Å². The standard InChI is InChI=1S/C19H24N4/c1-5-16-14-8-12(18(2,3)4)6-7-13(14)15(9-20)17(23)19(16,10-21)11-22/h7,12,14-16,23H,5-6,8H2,1-4H3/t12-,14-,15-,16+/m1/s1. The van der Waals surface area contributed by atoms with Gasteiger partial charge in [0, 0.05) is 5.92 Å². The molecule has 4 heteroatoms. The van der Waals surface area contributed by atoms with Gasteiger partial charge in [-0.3, -0.25) is 0 Å². The summed E-state index contributed by atoms with van der Waals surface area (Å²) in [6.45, 7) is 8.62. The predicted octanol–water partition coefficient (Wildman–Crippen LogP) is 4.22. The molecule has 4 atom stereocenters. The Labute approximate surface area is 138 Å². The van der Waals surface area contributed by atoms with Crippen LogP contribution in [0.1, 0.15) is 47.0 Å². The molecule has 2 aliphatic rings. The fraction of sp³-hybridized carbons (Fsp3) is 0.684. The first-order valence-electron chi connectivity index (χ1n) is 8.27. The van der Waals surface area contributed by atoms with E-state index in [2.05, 4.69) is 45.1 Å². The van der Waals surface area contributed by atoms with Crippen molar-refractivity contribution in [3.63, 3.8) is 0 Å². The number of hydrogen-bond donors (Lipinski definition) is 1. The Hall–Kier alpha value is -2.12. The van der Waals surface area contributed by atoms with E-state index in [1.54, 1.807) is 0 Å². The average molecular weight is 308 g/mol. The molecule has 0 radical (unpaired) electrons. The highest BCUT2D eigenvalue weighted by atomic mass is 14.6. The van der Waals surface area contributed by atoms with Crippen molar-refractivity contribution in [2.45, 2.75) is 47.0 Å². The number of rotatable bonds is 1. The Balaban J connectivity index is 2.58. The zero-order valence-corrected chi connectivity index (χ0v) is 14.3. The number of hydrogen-bond acceptors (Lipinski definition) is 4. The lowest BCUT2D eigenvalue weighted by molar-refractivity contribution is 0.140. The third kappa shape index (κ3) is 2.46. The summed E-state index contributed by atoms with van der Waals surface area (Å²) in [5, 5.41) is 37.3. The van der Waals surface area contributed by atoms with Crippen LogP contribution in [0.2, 0.25) is 0 Å². The second kappa shape index (κ2) is 5.82. The molecule has 0 aromatic heterocycles. The first kappa shape index (κ1) is 17.2. The molecule has 0 amide bonds. The monoisotopic (exact) mass is 308 g/mol. The highest BCUT2D eigenvalue weighted by molar-refractivity contribution is 5.99. The molecule has 2 rings (SSSR count). The van der Waals surface area contributed by atoms with E-state index in [1.165, 1.54) is 0 Å². The zero-order chi connectivity index (χ0) is 17.4. The number of fused-ring (bicyclic) bond motifs is 1. The van der Waals surface area contributed by atoms with Gasteiger partial charge in [0.25, 0.3) is 0 Å². The topological polar surface area (TPSA) is 95.2 Å². The van der Waals surface area contributed by atoms with Gasteiger partial charge in [-0.05, 0) is 42.1 Å². The van der Waals surface area contributed by atoms with Gasteiger partial charge in [0.2, 0.25) is 0 Å². The molecule has 1 fully saturated rings. The molecule has 0 heterocycles. The van der Waals surface area contributed by atoms with Crippen molar-refractivity contribution in [1.82, 2.24) is 0 Å². The van der Waals surface area contributed by atoms with Crippen molar-refractivity contribution in [2.24, 2.45) is 34.5 Å². The molecule has 0 unspecified atom stereocenters. The fourth-order valence-electron chi connectivity index (χ4n) is 4.34. The van der Waals surface area contributed by atoms with Gasteiger partial charge in [0.05, 0.1) is 23.9 Å². The first-order valence-corrected chi connectivity index (χ1v) is 8.27. The highest BCUT2D eigenvalue weighted by Gasteiger charge is 2.56. The molecule has 0 bridgehead atoms. The van der Waals surface area contributed by atoms with Crippen LogP contribution in [-0.2, 0) is 0 Å². The van der Waals surface area contributed by atoms with Crippen LogP contribution in [-0.4, -0.2) is 5.71 Å². The summed E-state index contributed by atoms with van der Waals surface area (Å²) >= 11 is 0. The van der Waals surface area contributed by atoms with Gasteiger partial charge in [-0.15, -0.1) is 0 Å². The molecule has 0 aromatic carbocycles. The molecule has 0 aromatic rings. The number of nitrogens with one attached hydrogen (secondary N) is 1. The van der Waals surface area contributed by atoms with E-state index in [4.69, 9.17) is 5.41 Å². The lowest BCUT2D eigenvalue weighted by atomic mass is 9.52. The van der Waals surface area contributed by atoms with Crippen molar-refractivity contribution in [1.29, 1.82) is 21.2 Å². The minimum absolute atomic E-state index is 0.0199. The number of allylic oxidation sites excluding steroid dienone is 2. The van der Waals surface area contributed by atoms with Crippen LogP contribution in [0.5, 0.6) is 0 Å². The number of nitriles is 3. The predicted molar refractivity (Wildman–Crippen MR) is 88.0 cm³/mol. The molecular weight excluding hydrogens is 284 g/mol. The van der Waals surface area contributed by atoms with Gasteiger partial charge in [-0.1, -0.05) is 33.8 Å². The van der Waals surface area contributed by atoms with Crippen molar-refractivity contribution < 1.29 is 0 Å². The normalized spacial score (nSPS) is 32.7. The van der Waals surface area contributed by atoms with Gasteiger partial charge in [-0.25, -0.2) is 0 Å². The summed E-state index contributed by atoms with van der Waals surface area (Å²) in [6.07, 6.45) is 4.59. The Morgan fingerprint density at radius 3 is 2.30 bits per heavy atom. The maximum Gasteiger partial charge on any atom is 0.185 e. The SMILES string of the molecule is CC[C@H]1[C@@H]2C[C@H](C(C)(C)C)CC=C2[C@@H](C#N)C(=N)C1(C#N)C#N. The van der Waals surface area contributed by atoms with Crippen LogP contribution >= 0.6 is 0 Å². The molecule has 1 saturated carbocycles. The summed E-state index contributed by atoms with van der Waals surface area (Å²) in [5.41, 5.74) is -0.355. The highest BCUT2D eigenvalue weighted by Crippen LogP contribution is 2.54. The van der Waals surface area contributed by atoms with E-state index in [0.717, 1.165) is 18.4 Å². The summed E-state index contributed by atoms with van der Waals surface area (Å²) in [6, 6.07) is 6.39. The van der Waals surface area contributed by atoms with E-state index in [0.29, 0.717) is 12.3 Å². The van der Waals surface area contributed by atoms with Gasteiger partial charge in [0.15, 0.2) is 5.41 Å². The maximum atomic E-state index is 9.70. The fourth-order valence-corrected chi connectivity index (χ4v) is 4.34. The largest absolute Gasteiger partial charge is 0.305 e. The Bertz CT molecular complexity index is 645. The summed E-state index contributed by atoms with van der Waals surface area (Å²) < 4.78 is 0. The quantitative estimate of drug-likeness (QED) is 0.734. The number of nitrogens with zero attached hydrogens (tertiary/aromatic N) is 3. The maximum absolute atomic E-state index is 9.70. The molecule has 0 aliphatic heterocycles. The van der Waals surface area contributed by atoms with Crippen LogP contribution < -0.4 is 0 Å². The molecule has 0 saturated heterocycles. The van der Waals surface area contributed by atoms with Gasteiger partial charge < -0.3 is 5.41 Å². The summed E-state index contributed by atoms with van der Waals surface area (Å²) in [7, 11) is 0. The molecule has 4 nitrogen and oxygen atoms in total. The summed E-state index contributed by atoms with van der Waals surface area (Å²) in [4.78, 5) is 0. The smallest absolute Gasteiger partial charge is 0.185 e. The molecule has 2 aliphatic carbocycles. The average Bonchev–Trinajstić information content (AvgIpc) is 2.52. The van der Waals surface area contributed by atoms with Crippen LogP contribution in [0.3, 0.4) is 0 Å². The molecule has 1 N–H and O–H groups in total. The van der Waals surface area contributed by atoms with E-state index in [-0.39, 0.29) is 23.0 Å². The van der Waals surface area contributed by atoms with Crippen LogP contribution in [0.15, 0.2) is 11.6 Å². The van der Waals surface area contributed by atoms with Gasteiger partial charge >= 0.3 is 0 Å². The van der Waals surface area contributed by atoms with Crippen LogP contribution in [0, 0.1) is 73.9 Å². The minimum Gasteiger partial charge on any atom is -0.305 e. The second-order valence-electron chi connectivity index (χ2n) is 7.87. The zero-order valence-electron chi connectivity index (χ0n) is 14.3. The Morgan fingerprint density at radius 1 is 1.26 bits per heavy atom. The Kier molecular flexibility index (Phi) is 4.37. The van der Waals surface area contributed by atoms with Crippen molar-refractivity contribution in [2.75, 3.05) is 0 Å². The minimum atomic E-state index is -1.46. The molecule has 23 heavy (non-hydrogen) atoms. The third-order valence-electron chi connectivity index (χ3n) is 5.84. The summed E-state index contributed by atoms with van der Waals surface area (Å²) in [5.74, 6) is -0.406. The first-order chi connectivity index (χ1) is 10.8. The molecule has 120 valence electrons.